The molecule has 0 saturated heterocycles. The van der Waals surface area contributed by atoms with E-state index in [1.54, 1.807) is 12.4 Å². The van der Waals surface area contributed by atoms with Gasteiger partial charge in [0.1, 0.15) is 4.47 Å². The van der Waals surface area contributed by atoms with Crippen LogP contribution in [0.15, 0.2) is 27.9 Å². The summed E-state index contributed by atoms with van der Waals surface area (Å²) in [6, 6.07) is 0.0405. The molecule has 6 nitrogen and oxygen atoms in total. The van der Waals surface area contributed by atoms with Crippen molar-refractivity contribution in [3.63, 3.8) is 0 Å². The van der Waals surface area contributed by atoms with Gasteiger partial charge in [0.25, 0.3) is 5.56 Å². The summed E-state index contributed by atoms with van der Waals surface area (Å²) in [5.41, 5.74) is 1.56. The van der Waals surface area contributed by atoms with Crippen LogP contribution in [0.5, 0.6) is 0 Å². The van der Waals surface area contributed by atoms with Crippen molar-refractivity contribution in [1.82, 2.24) is 20.0 Å². The maximum absolute atomic E-state index is 11.9. The number of halogens is 1. The fourth-order valence-electron chi connectivity index (χ4n) is 1.61. The van der Waals surface area contributed by atoms with E-state index in [1.807, 2.05) is 20.0 Å². The van der Waals surface area contributed by atoms with E-state index in [0.717, 1.165) is 5.56 Å². The molecule has 2 N–H and O–H groups in total. The quantitative estimate of drug-likeness (QED) is 0.904. The van der Waals surface area contributed by atoms with E-state index in [2.05, 4.69) is 36.5 Å². The lowest BCUT2D eigenvalue weighted by Crippen LogP contribution is -2.24. The molecule has 0 spiro atoms. The summed E-state index contributed by atoms with van der Waals surface area (Å²) in [4.78, 5) is 11.9. The van der Waals surface area contributed by atoms with Crippen LogP contribution < -0.4 is 10.9 Å². The number of rotatable bonds is 4. The minimum absolute atomic E-state index is 0.0405. The first-order valence-corrected chi connectivity index (χ1v) is 6.43. The standard InChI is InChI=1S/C11H14BrN5O/c1-3-17-11(18)10(12)9(6-15-17)16-7(2)8-4-13-14-5-8/h4-7,16H,3H2,1-2H3,(H,13,14). The highest BCUT2D eigenvalue weighted by molar-refractivity contribution is 9.10. The lowest BCUT2D eigenvalue weighted by molar-refractivity contribution is 0.612. The fraction of sp³-hybridized carbons (Fsp3) is 0.364. The second kappa shape index (κ2) is 5.34. The molecular formula is C11H14BrN5O. The Labute approximate surface area is 113 Å². The van der Waals surface area contributed by atoms with Gasteiger partial charge in [0.2, 0.25) is 0 Å². The largest absolute Gasteiger partial charge is 0.376 e. The number of aryl methyl sites for hydroxylation is 1. The van der Waals surface area contributed by atoms with Crippen molar-refractivity contribution in [2.75, 3.05) is 5.32 Å². The maximum atomic E-state index is 11.9. The number of aromatic nitrogens is 4. The van der Waals surface area contributed by atoms with E-state index < -0.39 is 0 Å². The summed E-state index contributed by atoms with van der Waals surface area (Å²) in [7, 11) is 0. The molecule has 0 aliphatic rings. The molecule has 1 atom stereocenters. The molecule has 1 unspecified atom stereocenters. The Morgan fingerprint density at radius 3 is 2.94 bits per heavy atom. The molecule has 0 aromatic carbocycles. The second-order valence-electron chi connectivity index (χ2n) is 3.89. The van der Waals surface area contributed by atoms with Gasteiger partial charge in [-0.15, -0.1) is 0 Å². The average molecular weight is 312 g/mol. The van der Waals surface area contributed by atoms with Crippen LogP contribution in [0.2, 0.25) is 0 Å². The molecule has 7 heteroatoms. The third-order valence-corrected chi connectivity index (χ3v) is 3.44. The first kappa shape index (κ1) is 12.8. The highest BCUT2D eigenvalue weighted by Gasteiger charge is 2.12. The van der Waals surface area contributed by atoms with Crippen LogP contribution >= 0.6 is 15.9 Å². The van der Waals surface area contributed by atoms with Crippen LogP contribution in [0.4, 0.5) is 5.69 Å². The summed E-state index contributed by atoms with van der Waals surface area (Å²) < 4.78 is 1.90. The van der Waals surface area contributed by atoms with Gasteiger partial charge in [-0.3, -0.25) is 9.89 Å². The van der Waals surface area contributed by atoms with E-state index in [1.165, 1.54) is 4.68 Å². The van der Waals surface area contributed by atoms with E-state index in [9.17, 15) is 4.79 Å². The van der Waals surface area contributed by atoms with Crippen molar-refractivity contribution in [3.05, 3.63) is 39.0 Å². The molecule has 2 rings (SSSR count). The van der Waals surface area contributed by atoms with Gasteiger partial charge >= 0.3 is 0 Å². The van der Waals surface area contributed by atoms with Gasteiger partial charge < -0.3 is 5.32 Å². The predicted octanol–water partition coefficient (Wildman–Crippen LogP) is 1.92. The molecule has 0 amide bonds. The van der Waals surface area contributed by atoms with E-state index in [4.69, 9.17) is 0 Å². The summed E-state index contributed by atoms with van der Waals surface area (Å²) in [6.07, 6.45) is 5.20. The SMILES string of the molecule is CCn1ncc(NC(C)c2cn[nH]c2)c(Br)c1=O. The van der Waals surface area contributed by atoms with Crippen molar-refractivity contribution in [3.8, 4) is 0 Å². The molecule has 2 aromatic heterocycles. The van der Waals surface area contributed by atoms with Crippen molar-refractivity contribution in [2.24, 2.45) is 0 Å². The predicted molar refractivity (Wildman–Crippen MR) is 72.5 cm³/mol. The van der Waals surface area contributed by atoms with Gasteiger partial charge in [0, 0.05) is 18.3 Å². The molecule has 0 aliphatic carbocycles. The number of nitrogens with one attached hydrogen (secondary N) is 2. The van der Waals surface area contributed by atoms with Gasteiger partial charge in [0.05, 0.1) is 24.1 Å². The van der Waals surface area contributed by atoms with Crippen LogP contribution in [-0.4, -0.2) is 20.0 Å². The molecule has 96 valence electrons. The summed E-state index contributed by atoms with van der Waals surface area (Å²) in [5.74, 6) is 0. The third-order valence-electron chi connectivity index (χ3n) is 2.68. The molecule has 18 heavy (non-hydrogen) atoms. The van der Waals surface area contributed by atoms with Gasteiger partial charge in [-0.05, 0) is 29.8 Å². The zero-order chi connectivity index (χ0) is 13.1. The number of H-pyrrole nitrogens is 1. The Bertz CT molecular complexity index is 578. The van der Waals surface area contributed by atoms with E-state index in [0.29, 0.717) is 16.7 Å². The Hall–Kier alpha value is -1.63. The van der Waals surface area contributed by atoms with Gasteiger partial charge in [-0.2, -0.15) is 10.2 Å². The molecule has 2 aromatic rings. The number of anilines is 1. The van der Waals surface area contributed by atoms with E-state index in [-0.39, 0.29) is 11.6 Å². The Balaban J connectivity index is 2.25. The molecule has 0 fully saturated rings. The summed E-state index contributed by atoms with van der Waals surface area (Å²) in [6.45, 7) is 4.42. The van der Waals surface area contributed by atoms with Gasteiger partial charge in [-0.1, -0.05) is 0 Å². The van der Waals surface area contributed by atoms with Gasteiger partial charge in [-0.25, -0.2) is 4.68 Å². The van der Waals surface area contributed by atoms with Crippen molar-refractivity contribution >= 4 is 21.6 Å². The van der Waals surface area contributed by atoms with Crippen LogP contribution in [0.25, 0.3) is 0 Å². The monoisotopic (exact) mass is 311 g/mol. The Morgan fingerprint density at radius 2 is 2.33 bits per heavy atom. The molecule has 0 aliphatic heterocycles. The highest BCUT2D eigenvalue weighted by Crippen LogP contribution is 2.22. The number of nitrogens with zero attached hydrogens (tertiary/aromatic N) is 3. The Morgan fingerprint density at radius 1 is 1.56 bits per heavy atom. The fourth-order valence-corrected chi connectivity index (χ4v) is 2.03. The molecule has 0 radical (unpaired) electrons. The zero-order valence-electron chi connectivity index (χ0n) is 10.1. The van der Waals surface area contributed by atoms with Crippen LogP contribution in [-0.2, 0) is 6.54 Å². The topological polar surface area (TPSA) is 75.6 Å². The smallest absolute Gasteiger partial charge is 0.283 e. The minimum atomic E-state index is -0.137. The number of hydrogen-bond acceptors (Lipinski definition) is 4. The number of aromatic amines is 1. The van der Waals surface area contributed by atoms with Gasteiger partial charge in [0.15, 0.2) is 0 Å². The van der Waals surface area contributed by atoms with Crippen molar-refractivity contribution < 1.29 is 0 Å². The molecule has 2 heterocycles. The van der Waals surface area contributed by atoms with Crippen molar-refractivity contribution in [1.29, 1.82) is 0 Å². The average Bonchev–Trinajstić information content (AvgIpc) is 2.89. The first-order chi connectivity index (χ1) is 8.63. The third kappa shape index (κ3) is 2.45. The second-order valence-corrected chi connectivity index (χ2v) is 4.68. The summed E-state index contributed by atoms with van der Waals surface area (Å²) in [5, 5.41) is 14.0. The van der Waals surface area contributed by atoms with Crippen molar-refractivity contribution in [2.45, 2.75) is 26.4 Å². The van der Waals surface area contributed by atoms with Crippen LogP contribution in [0.3, 0.4) is 0 Å². The molecule has 0 saturated carbocycles. The first-order valence-electron chi connectivity index (χ1n) is 5.64. The van der Waals surface area contributed by atoms with Crippen LogP contribution in [0, 0.1) is 0 Å². The normalized spacial score (nSPS) is 12.4. The highest BCUT2D eigenvalue weighted by atomic mass is 79.9. The maximum Gasteiger partial charge on any atom is 0.283 e. The minimum Gasteiger partial charge on any atom is -0.376 e. The molecule has 0 bridgehead atoms. The lowest BCUT2D eigenvalue weighted by atomic mass is 10.2. The van der Waals surface area contributed by atoms with Crippen LogP contribution in [0.1, 0.15) is 25.5 Å². The van der Waals surface area contributed by atoms with E-state index >= 15 is 0 Å². The number of hydrogen-bond donors (Lipinski definition) is 2. The lowest BCUT2D eigenvalue weighted by Gasteiger charge is -2.14. The molecular weight excluding hydrogens is 298 g/mol. The summed E-state index contributed by atoms with van der Waals surface area (Å²) >= 11 is 3.30. The Kier molecular flexibility index (Phi) is 3.81. The zero-order valence-corrected chi connectivity index (χ0v) is 11.7.